The van der Waals surface area contributed by atoms with Crippen molar-refractivity contribution in [3.63, 3.8) is 0 Å². The highest BCUT2D eigenvalue weighted by Crippen LogP contribution is 2.04. The van der Waals surface area contributed by atoms with Crippen LogP contribution in [0.3, 0.4) is 0 Å². The van der Waals surface area contributed by atoms with E-state index >= 15 is 0 Å². The Morgan fingerprint density at radius 3 is 1.37 bits per heavy atom. The maximum absolute atomic E-state index is 10.1. The third-order valence-corrected chi connectivity index (χ3v) is 3.93. The minimum absolute atomic E-state index is 0.269. The van der Waals surface area contributed by atoms with Crippen molar-refractivity contribution in [3.8, 4) is 0 Å². The van der Waals surface area contributed by atoms with Gasteiger partial charge in [-0.1, -0.05) is 13.8 Å². The number of carboxylic acid groups (broad SMARTS) is 4. The first kappa shape index (κ1) is 29.9. The number of nitrogens with one attached hydrogen (secondary N) is 2. The number of aliphatic carboxylic acids is 4. The van der Waals surface area contributed by atoms with E-state index in [-0.39, 0.29) is 18.6 Å². The molecule has 176 valence electrons. The van der Waals surface area contributed by atoms with Gasteiger partial charge in [-0.2, -0.15) is 0 Å². The van der Waals surface area contributed by atoms with Gasteiger partial charge in [-0.3, -0.25) is 19.2 Å². The lowest BCUT2D eigenvalue weighted by Gasteiger charge is -2.07. The Kier molecular flexibility index (Phi) is 17.5. The second-order valence-electron chi connectivity index (χ2n) is 7.15. The summed E-state index contributed by atoms with van der Waals surface area (Å²) in [4.78, 5) is 39.6. The van der Waals surface area contributed by atoms with E-state index in [0.29, 0.717) is 12.3 Å². The van der Waals surface area contributed by atoms with E-state index in [1.165, 1.54) is 0 Å². The molecule has 0 aromatic rings. The van der Waals surface area contributed by atoms with Gasteiger partial charge in [0.15, 0.2) is 0 Å². The van der Waals surface area contributed by atoms with Crippen LogP contribution in [0.25, 0.3) is 0 Å². The van der Waals surface area contributed by atoms with Crippen LogP contribution in [0, 0.1) is 5.92 Å². The number of hydrogen-bond donors (Lipinski definition) is 8. The van der Waals surface area contributed by atoms with E-state index < -0.39 is 29.9 Å². The molecule has 2 heterocycles. The van der Waals surface area contributed by atoms with Gasteiger partial charge in [0.05, 0.1) is 6.54 Å². The Balaban J connectivity index is 0. The molecule has 0 bridgehead atoms. The predicted octanol–water partition coefficient (Wildman–Crippen LogP) is -0.880. The minimum Gasteiger partial charge on any atom is -0.480 e. The van der Waals surface area contributed by atoms with Crippen molar-refractivity contribution in [2.24, 2.45) is 17.4 Å². The molecule has 0 radical (unpaired) electrons. The first-order valence-corrected chi connectivity index (χ1v) is 9.74. The van der Waals surface area contributed by atoms with Crippen LogP contribution >= 0.6 is 0 Å². The van der Waals surface area contributed by atoms with Gasteiger partial charge < -0.3 is 42.5 Å². The third kappa shape index (κ3) is 17.8. The summed E-state index contributed by atoms with van der Waals surface area (Å²) in [6.45, 7) is 5.33. The largest absolute Gasteiger partial charge is 0.480 e. The Morgan fingerprint density at radius 2 is 1.27 bits per heavy atom. The molecule has 0 unspecified atom stereocenters. The van der Waals surface area contributed by atoms with Crippen LogP contribution in [0.1, 0.15) is 46.0 Å². The van der Waals surface area contributed by atoms with Crippen molar-refractivity contribution in [1.29, 1.82) is 0 Å². The smallest absolute Gasteiger partial charge is 0.320 e. The fraction of sp³-hybridized carbons (Fsp3) is 0.778. The summed E-state index contributed by atoms with van der Waals surface area (Å²) >= 11 is 0. The van der Waals surface area contributed by atoms with E-state index in [1.807, 2.05) is 13.8 Å². The van der Waals surface area contributed by atoms with Gasteiger partial charge in [0.2, 0.25) is 0 Å². The molecule has 2 fully saturated rings. The highest BCUT2D eigenvalue weighted by atomic mass is 16.4. The van der Waals surface area contributed by atoms with Gasteiger partial charge in [0.1, 0.15) is 18.1 Å². The molecule has 12 heteroatoms. The Labute approximate surface area is 176 Å². The molecular formula is C18H36N4O8. The van der Waals surface area contributed by atoms with Gasteiger partial charge in [-0.25, -0.2) is 0 Å². The minimum atomic E-state index is -0.968. The van der Waals surface area contributed by atoms with E-state index in [1.54, 1.807) is 0 Å². The molecule has 10 N–H and O–H groups in total. The maximum atomic E-state index is 10.1. The lowest BCUT2D eigenvalue weighted by atomic mass is 10.1. The molecule has 0 aliphatic carbocycles. The van der Waals surface area contributed by atoms with Gasteiger partial charge in [-0.05, 0) is 51.1 Å². The molecular weight excluding hydrogens is 400 g/mol. The summed E-state index contributed by atoms with van der Waals surface area (Å²) in [5.74, 6) is -2.96. The highest BCUT2D eigenvalue weighted by molar-refractivity contribution is 5.74. The van der Waals surface area contributed by atoms with Crippen LogP contribution < -0.4 is 22.1 Å². The quantitative estimate of drug-likeness (QED) is 0.254. The second kappa shape index (κ2) is 17.6. The molecule has 0 saturated carbocycles. The van der Waals surface area contributed by atoms with Crippen LogP contribution in [0.15, 0.2) is 0 Å². The van der Waals surface area contributed by atoms with Crippen molar-refractivity contribution in [3.05, 3.63) is 0 Å². The average molecular weight is 437 g/mol. The van der Waals surface area contributed by atoms with Gasteiger partial charge in [0, 0.05) is 0 Å². The maximum Gasteiger partial charge on any atom is 0.320 e. The van der Waals surface area contributed by atoms with Gasteiger partial charge >= 0.3 is 23.9 Å². The Morgan fingerprint density at radius 1 is 0.900 bits per heavy atom. The second-order valence-corrected chi connectivity index (χ2v) is 7.15. The highest BCUT2D eigenvalue weighted by Gasteiger charge is 2.20. The average Bonchev–Trinajstić information content (AvgIpc) is 3.36. The normalized spacial score (nSPS) is 20.4. The number of rotatable bonds is 6. The van der Waals surface area contributed by atoms with E-state index in [2.05, 4.69) is 16.4 Å². The molecule has 0 amide bonds. The SMILES string of the molecule is CC(C)C[C@H](N)C(=O)O.NCC(=O)O.O=C(O)[C@@H]1CCCN1.O=C(O)[C@@H]1CCCN1. The Bertz CT molecular complexity index is 492. The van der Waals surface area contributed by atoms with Crippen molar-refractivity contribution in [2.45, 2.75) is 64.1 Å². The zero-order chi connectivity index (χ0) is 23.7. The summed E-state index contributed by atoms with van der Waals surface area (Å²) in [6, 6.07) is -1.23. The van der Waals surface area contributed by atoms with Crippen LogP contribution in [-0.2, 0) is 19.2 Å². The zero-order valence-electron chi connectivity index (χ0n) is 17.5. The van der Waals surface area contributed by atoms with Gasteiger partial charge in [-0.15, -0.1) is 0 Å². The van der Waals surface area contributed by atoms with E-state index in [0.717, 1.165) is 38.8 Å². The molecule has 2 aliphatic rings. The van der Waals surface area contributed by atoms with Gasteiger partial charge in [0.25, 0.3) is 0 Å². The topological polar surface area (TPSA) is 225 Å². The molecule has 0 aromatic carbocycles. The van der Waals surface area contributed by atoms with E-state index in [9.17, 15) is 19.2 Å². The first-order valence-electron chi connectivity index (χ1n) is 9.74. The number of hydrogen-bond acceptors (Lipinski definition) is 8. The fourth-order valence-electron chi connectivity index (χ4n) is 2.40. The van der Waals surface area contributed by atoms with Crippen molar-refractivity contribution >= 4 is 23.9 Å². The monoisotopic (exact) mass is 436 g/mol. The molecule has 2 aliphatic heterocycles. The van der Waals surface area contributed by atoms with Crippen molar-refractivity contribution < 1.29 is 39.6 Å². The summed E-state index contributed by atoms with van der Waals surface area (Å²) in [7, 11) is 0. The van der Waals surface area contributed by atoms with Crippen molar-refractivity contribution in [1.82, 2.24) is 10.6 Å². The molecule has 2 rings (SSSR count). The Hall–Kier alpha value is -2.28. The number of carboxylic acids is 4. The predicted molar refractivity (Wildman–Crippen MR) is 109 cm³/mol. The molecule has 0 spiro atoms. The lowest BCUT2D eigenvalue weighted by Crippen LogP contribution is -2.31. The van der Waals surface area contributed by atoms with E-state index in [4.69, 9.17) is 26.2 Å². The summed E-state index contributed by atoms with van der Waals surface area (Å²) in [5, 5.41) is 38.3. The fourth-order valence-corrected chi connectivity index (χ4v) is 2.40. The molecule has 2 saturated heterocycles. The number of carbonyl (C=O) groups is 4. The van der Waals surface area contributed by atoms with Crippen LogP contribution in [-0.4, -0.2) is 82.1 Å². The van der Waals surface area contributed by atoms with Crippen LogP contribution in [0.2, 0.25) is 0 Å². The summed E-state index contributed by atoms with van der Waals surface area (Å²) < 4.78 is 0. The first-order chi connectivity index (χ1) is 13.9. The zero-order valence-corrected chi connectivity index (χ0v) is 17.5. The number of nitrogens with two attached hydrogens (primary N) is 2. The molecule has 30 heavy (non-hydrogen) atoms. The third-order valence-electron chi connectivity index (χ3n) is 3.93. The standard InChI is InChI=1S/C6H13NO2.2C5H9NO2.C2H5NO2/c1-4(2)3-5(7)6(8)9;2*7-5(8)4-2-1-3-6-4;3-1-2(4)5/h4-5H,3,7H2,1-2H3,(H,8,9);2*4,6H,1-3H2,(H,7,8);1,3H2,(H,4,5)/t5-;2*4-;/m000./s1. The summed E-state index contributed by atoms with van der Waals surface area (Å²) in [6.07, 6.45) is 4.12. The van der Waals surface area contributed by atoms with Crippen molar-refractivity contribution in [2.75, 3.05) is 19.6 Å². The lowest BCUT2D eigenvalue weighted by molar-refractivity contribution is -0.140. The molecule has 3 atom stereocenters. The molecule has 0 aromatic heterocycles. The van der Waals surface area contributed by atoms with Crippen LogP contribution in [0.5, 0.6) is 0 Å². The van der Waals surface area contributed by atoms with Crippen LogP contribution in [0.4, 0.5) is 0 Å². The molecule has 12 nitrogen and oxygen atoms in total. The summed E-state index contributed by atoms with van der Waals surface area (Å²) in [5.41, 5.74) is 9.79.